The number of hydrogen-bond donors (Lipinski definition) is 1. The van der Waals surface area contributed by atoms with Crippen LogP contribution in [-0.2, 0) is 0 Å². The van der Waals surface area contributed by atoms with Crippen LogP contribution < -0.4 is 14.8 Å². The molecule has 0 aliphatic carbocycles. The van der Waals surface area contributed by atoms with Crippen LogP contribution in [0.1, 0.15) is 15.9 Å². The van der Waals surface area contributed by atoms with Crippen molar-refractivity contribution in [2.75, 3.05) is 7.11 Å². The summed E-state index contributed by atoms with van der Waals surface area (Å²) in [4.78, 5) is 12.4. The Kier molecular flexibility index (Phi) is 6.21. The SMILES string of the molecule is COc1ccccc1OC(NC(=O)c1ccc(C)cc1)C(Cl)(Cl)Cl. The molecule has 24 heavy (non-hydrogen) atoms. The van der Waals surface area contributed by atoms with Gasteiger partial charge in [-0.15, -0.1) is 0 Å². The number of aryl methyl sites for hydroxylation is 1. The molecule has 1 unspecified atom stereocenters. The van der Waals surface area contributed by atoms with Gasteiger partial charge >= 0.3 is 0 Å². The maximum atomic E-state index is 12.4. The van der Waals surface area contributed by atoms with Crippen LogP contribution in [0.5, 0.6) is 11.5 Å². The lowest BCUT2D eigenvalue weighted by atomic mass is 10.1. The lowest BCUT2D eigenvalue weighted by molar-refractivity contribution is 0.0828. The highest BCUT2D eigenvalue weighted by molar-refractivity contribution is 6.68. The zero-order valence-corrected chi connectivity index (χ0v) is 15.3. The van der Waals surface area contributed by atoms with Gasteiger partial charge in [0.05, 0.1) is 7.11 Å². The molecule has 0 aromatic heterocycles. The largest absolute Gasteiger partial charge is 0.493 e. The molecule has 0 bridgehead atoms. The summed E-state index contributed by atoms with van der Waals surface area (Å²) in [6.07, 6.45) is -1.20. The highest BCUT2D eigenvalue weighted by atomic mass is 35.6. The summed E-state index contributed by atoms with van der Waals surface area (Å²) in [5.74, 6) is 0.392. The molecule has 1 atom stereocenters. The summed E-state index contributed by atoms with van der Waals surface area (Å²) in [6, 6.07) is 13.9. The number of carbonyl (C=O) groups excluding carboxylic acids is 1. The van der Waals surface area contributed by atoms with Crippen LogP contribution in [0, 0.1) is 6.92 Å². The number of para-hydroxylation sites is 2. The van der Waals surface area contributed by atoms with Gasteiger partial charge in [-0.1, -0.05) is 64.6 Å². The fourth-order valence-electron chi connectivity index (χ4n) is 1.93. The number of benzene rings is 2. The first-order valence-corrected chi connectivity index (χ1v) is 8.18. The second-order valence-electron chi connectivity index (χ2n) is 5.03. The third-order valence-electron chi connectivity index (χ3n) is 3.19. The fourth-order valence-corrected chi connectivity index (χ4v) is 2.23. The van der Waals surface area contributed by atoms with E-state index in [4.69, 9.17) is 44.3 Å². The van der Waals surface area contributed by atoms with E-state index in [0.29, 0.717) is 17.1 Å². The van der Waals surface area contributed by atoms with Crippen molar-refractivity contribution in [3.63, 3.8) is 0 Å². The molecule has 1 N–H and O–H groups in total. The maximum Gasteiger partial charge on any atom is 0.254 e. The molecule has 0 aliphatic rings. The monoisotopic (exact) mass is 387 g/mol. The molecule has 0 spiro atoms. The number of hydrogen-bond acceptors (Lipinski definition) is 3. The van der Waals surface area contributed by atoms with Crippen molar-refractivity contribution in [3.05, 3.63) is 59.7 Å². The van der Waals surface area contributed by atoms with E-state index in [9.17, 15) is 4.79 Å². The Hall–Kier alpha value is -1.62. The summed E-state index contributed by atoms with van der Waals surface area (Å²) < 4.78 is 8.98. The molecule has 0 radical (unpaired) electrons. The molecule has 7 heteroatoms. The van der Waals surface area contributed by atoms with Crippen LogP contribution >= 0.6 is 34.8 Å². The van der Waals surface area contributed by atoms with E-state index in [2.05, 4.69) is 5.32 Å². The number of methoxy groups -OCH3 is 1. The van der Waals surface area contributed by atoms with Crippen LogP contribution in [0.15, 0.2) is 48.5 Å². The molecule has 2 aromatic rings. The number of carbonyl (C=O) groups is 1. The molecule has 0 aliphatic heterocycles. The highest BCUT2D eigenvalue weighted by Gasteiger charge is 2.37. The van der Waals surface area contributed by atoms with Gasteiger partial charge < -0.3 is 14.8 Å². The maximum absolute atomic E-state index is 12.4. The van der Waals surface area contributed by atoms with Crippen molar-refractivity contribution in [1.29, 1.82) is 0 Å². The normalized spacial score (nSPS) is 12.4. The second kappa shape index (κ2) is 7.97. The minimum atomic E-state index is -1.87. The zero-order chi connectivity index (χ0) is 17.7. The van der Waals surface area contributed by atoms with Gasteiger partial charge in [0.15, 0.2) is 11.5 Å². The number of ether oxygens (including phenoxy) is 2. The fraction of sp³-hybridized carbons (Fsp3) is 0.235. The number of rotatable bonds is 5. The highest BCUT2D eigenvalue weighted by Crippen LogP contribution is 2.35. The van der Waals surface area contributed by atoms with Crippen LogP contribution in [0.25, 0.3) is 0 Å². The van der Waals surface area contributed by atoms with Crippen LogP contribution in [-0.4, -0.2) is 23.0 Å². The van der Waals surface area contributed by atoms with Crippen molar-refractivity contribution in [1.82, 2.24) is 5.32 Å². The van der Waals surface area contributed by atoms with Crippen LogP contribution in [0.4, 0.5) is 0 Å². The van der Waals surface area contributed by atoms with Gasteiger partial charge in [0.1, 0.15) is 0 Å². The van der Waals surface area contributed by atoms with Gasteiger partial charge in [-0.05, 0) is 31.2 Å². The quantitative estimate of drug-likeness (QED) is 0.605. The van der Waals surface area contributed by atoms with Crippen molar-refractivity contribution < 1.29 is 14.3 Å². The standard InChI is InChI=1S/C17H16Cl3NO3/c1-11-7-9-12(10-8-11)15(22)21-16(17(18,19)20)24-14-6-4-3-5-13(14)23-2/h3-10,16H,1-2H3,(H,21,22). The molecule has 2 rings (SSSR count). The minimum Gasteiger partial charge on any atom is -0.493 e. The summed E-state index contributed by atoms with van der Waals surface area (Å²) in [7, 11) is 1.50. The number of halogens is 3. The summed E-state index contributed by atoms with van der Waals surface area (Å²) in [5.41, 5.74) is 1.47. The molecule has 0 saturated heterocycles. The van der Waals surface area contributed by atoms with E-state index in [1.54, 1.807) is 36.4 Å². The van der Waals surface area contributed by atoms with E-state index in [0.717, 1.165) is 5.56 Å². The molecule has 4 nitrogen and oxygen atoms in total. The molecule has 0 saturated carbocycles. The smallest absolute Gasteiger partial charge is 0.254 e. The summed E-state index contributed by atoms with van der Waals surface area (Å²) in [5, 5.41) is 2.58. The van der Waals surface area contributed by atoms with E-state index in [-0.39, 0.29) is 0 Å². The van der Waals surface area contributed by atoms with Crippen molar-refractivity contribution >= 4 is 40.7 Å². The minimum absolute atomic E-state index is 0.348. The van der Waals surface area contributed by atoms with Crippen molar-refractivity contribution in [2.24, 2.45) is 0 Å². The van der Waals surface area contributed by atoms with Gasteiger partial charge in [-0.3, -0.25) is 4.79 Å². The predicted molar refractivity (Wildman–Crippen MR) is 96.3 cm³/mol. The Morgan fingerprint density at radius 3 is 2.17 bits per heavy atom. The average molecular weight is 389 g/mol. The zero-order valence-electron chi connectivity index (χ0n) is 13.1. The number of nitrogens with one attached hydrogen (secondary N) is 1. The Bertz CT molecular complexity index is 699. The van der Waals surface area contributed by atoms with Crippen LogP contribution in [0.2, 0.25) is 0 Å². The van der Waals surface area contributed by atoms with Crippen molar-refractivity contribution in [3.8, 4) is 11.5 Å². The molecule has 0 heterocycles. The van der Waals surface area contributed by atoms with Gasteiger partial charge in [-0.25, -0.2) is 0 Å². The second-order valence-corrected chi connectivity index (χ2v) is 7.40. The Labute approximate surface area is 155 Å². The molecule has 128 valence electrons. The molecular formula is C17H16Cl3NO3. The Morgan fingerprint density at radius 1 is 1.04 bits per heavy atom. The van der Waals surface area contributed by atoms with Gasteiger partial charge in [-0.2, -0.15) is 0 Å². The van der Waals surface area contributed by atoms with Gasteiger partial charge in [0, 0.05) is 5.56 Å². The lowest BCUT2D eigenvalue weighted by Crippen LogP contribution is -2.47. The summed E-state index contributed by atoms with van der Waals surface area (Å²) in [6.45, 7) is 1.93. The van der Waals surface area contributed by atoms with Crippen LogP contribution in [0.3, 0.4) is 0 Å². The number of alkyl halides is 3. The van der Waals surface area contributed by atoms with E-state index < -0.39 is 15.9 Å². The van der Waals surface area contributed by atoms with Gasteiger partial charge in [0.25, 0.3) is 5.91 Å². The first-order valence-electron chi connectivity index (χ1n) is 7.05. The Balaban J connectivity index is 2.20. The lowest BCUT2D eigenvalue weighted by Gasteiger charge is -2.27. The molecule has 1 amide bonds. The molecule has 2 aromatic carbocycles. The van der Waals surface area contributed by atoms with E-state index in [1.165, 1.54) is 7.11 Å². The van der Waals surface area contributed by atoms with Crippen molar-refractivity contribution in [2.45, 2.75) is 16.9 Å². The molecular weight excluding hydrogens is 373 g/mol. The number of amides is 1. The third kappa shape index (κ3) is 4.94. The topological polar surface area (TPSA) is 47.6 Å². The first-order chi connectivity index (χ1) is 11.3. The molecule has 0 fully saturated rings. The van der Waals surface area contributed by atoms with Gasteiger partial charge in [0.2, 0.25) is 10.0 Å². The average Bonchev–Trinajstić information content (AvgIpc) is 2.54. The van der Waals surface area contributed by atoms with E-state index >= 15 is 0 Å². The van der Waals surface area contributed by atoms with E-state index in [1.807, 2.05) is 19.1 Å². The predicted octanol–water partition coefficient (Wildman–Crippen LogP) is 4.51. The third-order valence-corrected chi connectivity index (χ3v) is 3.78. The first kappa shape index (κ1) is 18.7. The Morgan fingerprint density at radius 2 is 1.62 bits per heavy atom. The summed E-state index contributed by atoms with van der Waals surface area (Å²) >= 11 is 17.9.